The van der Waals surface area contributed by atoms with E-state index in [1.807, 2.05) is 6.92 Å². The minimum Gasteiger partial charge on any atom is -0.326 e. The lowest BCUT2D eigenvalue weighted by Gasteiger charge is -2.25. The number of anilines is 2. The molecule has 1 aliphatic rings. The Morgan fingerprint density at radius 1 is 1.07 bits per heavy atom. The van der Waals surface area contributed by atoms with E-state index in [9.17, 15) is 22.8 Å². The minimum atomic E-state index is -4.48. The van der Waals surface area contributed by atoms with Gasteiger partial charge in [-0.2, -0.15) is 13.2 Å². The molecule has 1 aliphatic carbocycles. The van der Waals surface area contributed by atoms with E-state index in [0.29, 0.717) is 16.9 Å². The molecule has 0 saturated heterocycles. The maximum Gasteiger partial charge on any atom is 0.416 e. The number of urea groups is 1. The second-order valence-electron chi connectivity index (χ2n) is 7.56. The van der Waals surface area contributed by atoms with Crippen LogP contribution < -0.4 is 10.6 Å². The van der Waals surface area contributed by atoms with E-state index in [1.54, 1.807) is 19.1 Å². The van der Waals surface area contributed by atoms with Crippen LogP contribution in [-0.4, -0.2) is 22.9 Å². The van der Waals surface area contributed by atoms with Crippen LogP contribution >= 0.6 is 0 Å². The molecule has 1 saturated carbocycles. The van der Waals surface area contributed by atoms with Gasteiger partial charge in [0.05, 0.1) is 5.56 Å². The molecule has 0 spiro atoms. The number of hydrogen-bond donors (Lipinski definition) is 2. The molecule has 160 valence electrons. The van der Waals surface area contributed by atoms with Crippen molar-refractivity contribution in [2.75, 3.05) is 10.6 Å². The average molecular weight is 419 g/mol. The van der Waals surface area contributed by atoms with Gasteiger partial charge >= 0.3 is 12.2 Å². The molecule has 0 aromatic heterocycles. The Morgan fingerprint density at radius 2 is 1.73 bits per heavy atom. The molecule has 8 heteroatoms. The normalized spacial score (nSPS) is 13.7. The van der Waals surface area contributed by atoms with Gasteiger partial charge in [-0.05, 0) is 55.5 Å². The summed E-state index contributed by atoms with van der Waals surface area (Å²) in [5.74, 6) is -0.229. The van der Waals surface area contributed by atoms with E-state index in [4.69, 9.17) is 0 Å². The number of nitrogens with zero attached hydrogens (tertiary/aromatic N) is 1. The molecular formula is C22H24F3N3O2. The van der Waals surface area contributed by atoms with Gasteiger partial charge in [0.2, 0.25) is 5.91 Å². The summed E-state index contributed by atoms with van der Waals surface area (Å²) in [7, 11) is 0. The summed E-state index contributed by atoms with van der Waals surface area (Å²) >= 11 is 0. The number of nitrogens with one attached hydrogen (secondary N) is 2. The molecule has 0 bridgehead atoms. The summed E-state index contributed by atoms with van der Waals surface area (Å²) < 4.78 is 40.0. The first-order valence-corrected chi connectivity index (χ1v) is 9.68. The molecule has 30 heavy (non-hydrogen) atoms. The number of hydrogen-bond acceptors (Lipinski definition) is 2. The number of alkyl halides is 3. The fourth-order valence-corrected chi connectivity index (χ4v) is 3.41. The van der Waals surface area contributed by atoms with Crippen molar-refractivity contribution in [1.29, 1.82) is 0 Å². The highest BCUT2D eigenvalue weighted by atomic mass is 19.4. The van der Waals surface area contributed by atoms with E-state index >= 15 is 0 Å². The molecule has 2 N–H and O–H groups in total. The first-order valence-electron chi connectivity index (χ1n) is 9.68. The second-order valence-corrected chi connectivity index (χ2v) is 7.56. The van der Waals surface area contributed by atoms with Gasteiger partial charge in [0, 0.05) is 30.9 Å². The minimum absolute atomic E-state index is 0.0617. The first-order chi connectivity index (χ1) is 14.1. The number of benzene rings is 2. The molecule has 2 aromatic carbocycles. The summed E-state index contributed by atoms with van der Waals surface area (Å²) in [6, 6.07) is 8.25. The van der Waals surface area contributed by atoms with Gasteiger partial charge in [-0.25, -0.2) is 4.79 Å². The van der Waals surface area contributed by atoms with E-state index in [1.165, 1.54) is 30.0 Å². The predicted octanol–water partition coefficient (Wildman–Crippen LogP) is 5.48. The van der Waals surface area contributed by atoms with E-state index < -0.39 is 17.8 Å². The fraction of sp³-hybridized carbons (Fsp3) is 0.364. The Hall–Kier alpha value is -3.03. The second kappa shape index (κ2) is 8.38. The largest absolute Gasteiger partial charge is 0.416 e. The van der Waals surface area contributed by atoms with E-state index in [0.717, 1.165) is 24.5 Å². The van der Waals surface area contributed by atoms with Crippen molar-refractivity contribution >= 4 is 23.3 Å². The summed E-state index contributed by atoms with van der Waals surface area (Å²) in [5, 5.41) is 5.56. The molecule has 0 aliphatic heterocycles. The number of aryl methyl sites for hydroxylation is 1. The third-order valence-corrected chi connectivity index (χ3v) is 5.13. The van der Waals surface area contributed by atoms with Crippen LogP contribution in [0.3, 0.4) is 0 Å². The average Bonchev–Trinajstić information content (AvgIpc) is 3.49. The van der Waals surface area contributed by atoms with Gasteiger partial charge in [0.15, 0.2) is 0 Å². The van der Waals surface area contributed by atoms with Crippen LogP contribution in [0.15, 0.2) is 36.4 Å². The maximum absolute atomic E-state index is 13.3. The highest BCUT2D eigenvalue weighted by molar-refractivity contribution is 5.95. The summed E-state index contributed by atoms with van der Waals surface area (Å²) in [4.78, 5) is 25.9. The van der Waals surface area contributed by atoms with Crippen LogP contribution in [-0.2, 0) is 17.5 Å². The van der Waals surface area contributed by atoms with Gasteiger partial charge in [0.1, 0.15) is 0 Å². The Balaban J connectivity index is 1.84. The van der Waals surface area contributed by atoms with Gasteiger partial charge in [-0.1, -0.05) is 24.3 Å². The molecule has 2 aromatic rings. The quantitative estimate of drug-likeness (QED) is 0.674. The van der Waals surface area contributed by atoms with Crippen LogP contribution in [0.4, 0.5) is 29.3 Å². The van der Waals surface area contributed by atoms with E-state index in [-0.39, 0.29) is 24.1 Å². The number of amides is 3. The SMILES string of the molecule is CC(=O)Nc1c(C)ccc(NC(=O)N(Cc2ccccc2C(F)(F)F)C2CC2)c1C. The smallest absolute Gasteiger partial charge is 0.326 e. The number of carbonyl (C=O) groups excluding carboxylic acids is 2. The molecule has 3 amide bonds. The van der Waals surface area contributed by atoms with Gasteiger partial charge in [-0.3, -0.25) is 4.79 Å². The van der Waals surface area contributed by atoms with Crippen LogP contribution in [0.2, 0.25) is 0 Å². The van der Waals surface area contributed by atoms with Crippen molar-refractivity contribution in [3.8, 4) is 0 Å². The first kappa shape index (κ1) is 21.7. The lowest BCUT2D eigenvalue weighted by Crippen LogP contribution is -2.37. The zero-order valence-corrected chi connectivity index (χ0v) is 17.1. The van der Waals surface area contributed by atoms with Gasteiger partial charge in [-0.15, -0.1) is 0 Å². The Morgan fingerprint density at radius 3 is 2.33 bits per heavy atom. The molecule has 3 rings (SSSR count). The summed E-state index contributed by atoms with van der Waals surface area (Å²) in [6.07, 6.45) is -2.97. The van der Waals surface area contributed by atoms with Crippen molar-refractivity contribution in [3.05, 3.63) is 58.7 Å². The Labute approximate surface area is 173 Å². The van der Waals surface area contributed by atoms with Crippen LogP contribution in [0.25, 0.3) is 0 Å². The predicted molar refractivity (Wildman–Crippen MR) is 109 cm³/mol. The Kier molecular flexibility index (Phi) is 6.05. The molecule has 5 nitrogen and oxygen atoms in total. The van der Waals surface area contributed by atoms with E-state index in [2.05, 4.69) is 10.6 Å². The van der Waals surface area contributed by atoms with Gasteiger partial charge < -0.3 is 15.5 Å². The van der Waals surface area contributed by atoms with Crippen molar-refractivity contribution in [1.82, 2.24) is 4.90 Å². The lowest BCUT2D eigenvalue weighted by atomic mass is 10.1. The molecule has 0 radical (unpaired) electrons. The van der Waals surface area contributed by atoms with Gasteiger partial charge in [0.25, 0.3) is 0 Å². The molecule has 0 unspecified atom stereocenters. The highest BCUT2D eigenvalue weighted by Crippen LogP contribution is 2.35. The summed E-state index contributed by atoms with van der Waals surface area (Å²) in [6.45, 7) is 4.88. The third-order valence-electron chi connectivity index (χ3n) is 5.13. The lowest BCUT2D eigenvalue weighted by molar-refractivity contribution is -0.138. The van der Waals surface area contributed by atoms with Crippen molar-refractivity contribution in [2.45, 2.75) is 52.4 Å². The van der Waals surface area contributed by atoms with Crippen LogP contribution in [0.1, 0.15) is 42.0 Å². The topological polar surface area (TPSA) is 61.4 Å². The zero-order chi connectivity index (χ0) is 22.1. The monoisotopic (exact) mass is 419 g/mol. The molecular weight excluding hydrogens is 395 g/mol. The number of carbonyl (C=O) groups is 2. The van der Waals surface area contributed by atoms with Crippen molar-refractivity contribution in [3.63, 3.8) is 0 Å². The molecule has 0 atom stereocenters. The molecule has 1 fully saturated rings. The number of rotatable bonds is 5. The standard InChI is InChI=1S/C22H24F3N3O2/c1-13-8-11-19(14(2)20(13)26-15(3)29)27-21(30)28(17-9-10-17)12-16-6-4-5-7-18(16)22(23,24)25/h4-8,11,17H,9-10,12H2,1-3H3,(H,26,29)(H,27,30). The fourth-order valence-electron chi connectivity index (χ4n) is 3.41. The van der Waals surface area contributed by atoms with Crippen LogP contribution in [0, 0.1) is 13.8 Å². The zero-order valence-electron chi connectivity index (χ0n) is 17.1. The Bertz CT molecular complexity index is 969. The maximum atomic E-state index is 13.3. The molecule has 0 heterocycles. The number of halogens is 3. The van der Waals surface area contributed by atoms with Crippen LogP contribution in [0.5, 0.6) is 0 Å². The van der Waals surface area contributed by atoms with Crippen molar-refractivity contribution in [2.24, 2.45) is 0 Å². The summed E-state index contributed by atoms with van der Waals surface area (Å²) in [5.41, 5.74) is 1.98. The van der Waals surface area contributed by atoms with Crippen molar-refractivity contribution < 1.29 is 22.8 Å². The third kappa shape index (κ3) is 4.93. The highest BCUT2D eigenvalue weighted by Gasteiger charge is 2.37.